The number of ether oxygens (including phenoxy) is 6. The van der Waals surface area contributed by atoms with E-state index in [2.05, 4.69) is 4.90 Å². The average Bonchev–Trinajstić information content (AvgIpc) is 2.98. The van der Waals surface area contributed by atoms with Crippen LogP contribution in [0.4, 0.5) is 0 Å². The number of nitrogens with zero attached hydrogens (tertiary/aromatic N) is 2. The van der Waals surface area contributed by atoms with Crippen LogP contribution in [-0.4, -0.2) is 107 Å². The third-order valence-electron chi connectivity index (χ3n) is 6.72. The van der Waals surface area contributed by atoms with Crippen molar-refractivity contribution in [3.05, 3.63) is 41.5 Å². The van der Waals surface area contributed by atoms with Gasteiger partial charge in [-0.05, 0) is 42.8 Å². The number of fused-ring (bicyclic) bond motifs is 1. The maximum absolute atomic E-state index is 12.8. The van der Waals surface area contributed by atoms with Crippen LogP contribution in [0, 0.1) is 0 Å². The van der Waals surface area contributed by atoms with Crippen molar-refractivity contribution in [2.45, 2.75) is 13.0 Å². The lowest BCUT2D eigenvalue weighted by atomic mass is 10.1. The van der Waals surface area contributed by atoms with E-state index >= 15 is 0 Å². The van der Waals surface area contributed by atoms with Crippen LogP contribution in [0.15, 0.2) is 30.3 Å². The Hall–Kier alpha value is -3.96. The van der Waals surface area contributed by atoms with E-state index in [-0.39, 0.29) is 18.3 Å². The number of methoxy groups -OCH3 is 3. The zero-order chi connectivity index (χ0) is 28.6. The van der Waals surface area contributed by atoms with Gasteiger partial charge in [0.25, 0.3) is 0 Å². The minimum absolute atomic E-state index is 0.0475. The highest BCUT2D eigenvalue weighted by Crippen LogP contribution is 2.42. The molecule has 1 atom stereocenters. The van der Waals surface area contributed by atoms with Crippen molar-refractivity contribution in [3.8, 4) is 34.5 Å². The third kappa shape index (κ3) is 6.78. The molecule has 1 fully saturated rings. The molecular formula is C29H36N2O9. The summed E-state index contributed by atoms with van der Waals surface area (Å²) in [5, 5.41) is 10.6. The van der Waals surface area contributed by atoms with Gasteiger partial charge in [0.2, 0.25) is 17.4 Å². The first kappa shape index (κ1) is 29.0. The summed E-state index contributed by atoms with van der Waals surface area (Å²) in [5.41, 5.74) is 1.19. The van der Waals surface area contributed by atoms with Crippen molar-refractivity contribution in [3.63, 3.8) is 0 Å². The van der Waals surface area contributed by atoms with Crippen molar-refractivity contribution in [2.75, 3.05) is 73.9 Å². The van der Waals surface area contributed by atoms with Crippen molar-refractivity contribution in [1.82, 2.24) is 9.80 Å². The van der Waals surface area contributed by atoms with Crippen molar-refractivity contribution in [2.24, 2.45) is 0 Å². The maximum Gasteiger partial charge on any atom is 0.246 e. The van der Waals surface area contributed by atoms with E-state index in [0.717, 1.165) is 5.56 Å². The van der Waals surface area contributed by atoms with Gasteiger partial charge in [0.05, 0.1) is 26.9 Å². The number of rotatable bonds is 11. The molecule has 4 rings (SSSR count). The van der Waals surface area contributed by atoms with Gasteiger partial charge >= 0.3 is 0 Å². The maximum atomic E-state index is 12.8. The molecule has 1 saturated heterocycles. The molecule has 0 spiro atoms. The number of aliphatic hydroxyl groups excluding tert-OH is 1. The van der Waals surface area contributed by atoms with Gasteiger partial charge < -0.3 is 38.4 Å². The van der Waals surface area contributed by atoms with Crippen LogP contribution in [0.1, 0.15) is 22.8 Å². The van der Waals surface area contributed by atoms with E-state index in [1.54, 1.807) is 49.5 Å². The van der Waals surface area contributed by atoms with Gasteiger partial charge in [-0.2, -0.15) is 0 Å². The quantitative estimate of drug-likeness (QED) is 0.326. The Balaban J connectivity index is 1.26. The lowest BCUT2D eigenvalue weighted by molar-refractivity contribution is -0.127. The number of ketones is 1. The van der Waals surface area contributed by atoms with Gasteiger partial charge in [0, 0.05) is 38.8 Å². The predicted octanol–water partition coefficient (Wildman–Crippen LogP) is 2.28. The monoisotopic (exact) mass is 556 g/mol. The molecule has 40 heavy (non-hydrogen) atoms. The van der Waals surface area contributed by atoms with E-state index in [4.69, 9.17) is 28.4 Å². The van der Waals surface area contributed by atoms with Gasteiger partial charge in [-0.15, -0.1) is 0 Å². The molecule has 2 aliphatic rings. The Morgan fingerprint density at radius 2 is 1.60 bits per heavy atom. The minimum Gasteiger partial charge on any atom is -0.493 e. The van der Waals surface area contributed by atoms with Crippen LogP contribution < -0.4 is 28.4 Å². The molecule has 0 bridgehead atoms. The van der Waals surface area contributed by atoms with Crippen LogP contribution in [-0.2, 0) is 4.79 Å². The molecule has 1 unspecified atom stereocenters. The molecule has 2 aromatic rings. The van der Waals surface area contributed by atoms with E-state index in [1.165, 1.54) is 20.1 Å². The smallest absolute Gasteiger partial charge is 0.246 e. The largest absolute Gasteiger partial charge is 0.493 e. The zero-order valence-corrected chi connectivity index (χ0v) is 23.3. The fourth-order valence-corrected chi connectivity index (χ4v) is 4.66. The summed E-state index contributed by atoms with van der Waals surface area (Å²) < 4.78 is 33.2. The van der Waals surface area contributed by atoms with Crippen molar-refractivity contribution in [1.29, 1.82) is 0 Å². The highest BCUT2D eigenvalue weighted by Gasteiger charge is 2.25. The average molecular weight is 557 g/mol. The minimum atomic E-state index is -0.755. The molecule has 2 aliphatic heterocycles. The number of carbonyl (C=O) groups is 2. The summed E-state index contributed by atoms with van der Waals surface area (Å²) >= 11 is 0. The van der Waals surface area contributed by atoms with Crippen LogP contribution >= 0.6 is 0 Å². The van der Waals surface area contributed by atoms with Gasteiger partial charge in [-0.25, -0.2) is 0 Å². The molecular weight excluding hydrogens is 520 g/mol. The highest BCUT2D eigenvalue weighted by atomic mass is 16.6. The standard InChI is InChI=1S/C29H36N2O9/c1-19(32)22-6-7-23(29-27(22)38-13-14-39-29)40-18-21(33)17-30-9-11-31(12-10-30)26(34)8-5-20-15-24(35-2)28(37-4)25(16-20)36-3/h5-8,15-16,21,33H,9-14,17-18H2,1-4H3. The molecule has 2 heterocycles. The van der Waals surface area contributed by atoms with E-state index in [1.807, 2.05) is 0 Å². The summed E-state index contributed by atoms with van der Waals surface area (Å²) in [5.74, 6) is 2.49. The summed E-state index contributed by atoms with van der Waals surface area (Å²) in [6, 6.07) is 6.86. The first-order chi connectivity index (χ1) is 19.3. The van der Waals surface area contributed by atoms with E-state index in [9.17, 15) is 14.7 Å². The summed E-state index contributed by atoms with van der Waals surface area (Å²) in [4.78, 5) is 28.5. The number of β-amino-alcohol motifs (C(OH)–C–C–N with tert-alkyl or cyclic N) is 1. The lowest BCUT2D eigenvalue weighted by Gasteiger charge is -2.35. The Kier molecular flexibility index (Phi) is 9.73. The number of hydrogen-bond donors (Lipinski definition) is 1. The van der Waals surface area contributed by atoms with E-state index < -0.39 is 6.10 Å². The molecule has 11 heteroatoms. The normalized spacial score (nSPS) is 16.0. The Morgan fingerprint density at radius 1 is 0.950 bits per heavy atom. The highest BCUT2D eigenvalue weighted by molar-refractivity contribution is 5.98. The Morgan fingerprint density at radius 3 is 2.20 bits per heavy atom. The van der Waals surface area contributed by atoms with Gasteiger partial charge in [0.1, 0.15) is 25.9 Å². The molecule has 0 aliphatic carbocycles. The number of benzene rings is 2. The number of piperazine rings is 1. The fourth-order valence-electron chi connectivity index (χ4n) is 4.66. The first-order valence-electron chi connectivity index (χ1n) is 13.1. The van der Waals surface area contributed by atoms with Gasteiger partial charge in [-0.1, -0.05) is 0 Å². The number of amides is 1. The molecule has 0 radical (unpaired) electrons. The van der Waals surface area contributed by atoms with Crippen LogP contribution in [0.3, 0.4) is 0 Å². The lowest BCUT2D eigenvalue weighted by Crippen LogP contribution is -2.50. The van der Waals surface area contributed by atoms with E-state index in [0.29, 0.717) is 86.0 Å². The number of carbonyl (C=O) groups excluding carboxylic acids is 2. The third-order valence-corrected chi connectivity index (χ3v) is 6.72. The van der Waals surface area contributed by atoms with Crippen LogP contribution in [0.2, 0.25) is 0 Å². The summed E-state index contributed by atoms with van der Waals surface area (Å²) in [6.45, 7) is 4.95. The molecule has 11 nitrogen and oxygen atoms in total. The number of Topliss-reactive ketones (excluding diaryl/α,β-unsaturated/α-hetero) is 1. The van der Waals surface area contributed by atoms with Gasteiger partial charge in [0.15, 0.2) is 28.8 Å². The Labute approximate surface area is 233 Å². The second-order valence-electron chi connectivity index (χ2n) is 9.41. The molecule has 0 aromatic heterocycles. The number of aliphatic hydroxyl groups is 1. The predicted molar refractivity (Wildman–Crippen MR) is 147 cm³/mol. The second kappa shape index (κ2) is 13.4. The fraction of sp³-hybridized carbons (Fsp3) is 0.448. The summed E-state index contributed by atoms with van der Waals surface area (Å²) in [6.07, 6.45) is 2.49. The molecule has 1 N–H and O–H groups in total. The topological polar surface area (TPSA) is 116 Å². The summed E-state index contributed by atoms with van der Waals surface area (Å²) in [7, 11) is 4.63. The van der Waals surface area contributed by atoms with Gasteiger partial charge in [-0.3, -0.25) is 14.5 Å². The first-order valence-corrected chi connectivity index (χ1v) is 13.1. The molecule has 1 amide bonds. The van der Waals surface area contributed by atoms with Crippen LogP contribution in [0.25, 0.3) is 6.08 Å². The van der Waals surface area contributed by atoms with Crippen molar-refractivity contribution < 1.29 is 43.1 Å². The SMILES string of the molecule is COc1cc(C=CC(=O)N2CCN(CC(O)COc3ccc(C(C)=O)c4c3OCCO4)CC2)cc(OC)c1OC. The molecule has 216 valence electrons. The Bertz CT molecular complexity index is 1210. The zero-order valence-electron chi connectivity index (χ0n) is 23.3. The molecule has 2 aromatic carbocycles. The van der Waals surface area contributed by atoms with Crippen molar-refractivity contribution >= 4 is 17.8 Å². The number of hydrogen-bond acceptors (Lipinski definition) is 10. The second-order valence-corrected chi connectivity index (χ2v) is 9.41. The molecule has 0 saturated carbocycles. The van der Waals surface area contributed by atoms with Crippen LogP contribution in [0.5, 0.6) is 34.5 Å².